The number of unbranched alkanes of at least 4 members (excludes halogenated alkanes) is 3. The summed E-state index contributed by atoms with van der Waals surface area (Å²) < 4.78 is 6.59. The zero-order valence-corrected chi connectivity index (χ0v) is 25.5. The van der Waals surface area contributed by atoms with E-state index in [2.05, 4.69) is 17.1 Å². The number of benzene rings is 3. The van der Waals surface area contributed by atoms with Crippen molar-refractivity contribution in [3.05, 3.63) is 119 Å². The van der Waals surface area contributed by atoms with E-state index >= 15 is 0 Å². The van der Waals surface area contributed by atoms with Gasteiger partial charge in [-0.25, -0.2) is 0 Å². The van der Waals surface area contributed by atoms with E-state index in [1.807, 2.05) is 84.9 Å². The van der Waals surface area contributed by atoms with E-state index in [0.717, 1.165) is 30.4 Å². The van der Waals surface area contributed by atoms with E-state index in [0.29, 0.717) is 33.1 Å². The predicted octanol–water partition coefficient (Wildman–Crippen LogP) is 7.97. The van der Waals surface area contributed by atoms with Crippen LogP contribution in [0.15, 0.2) is 107 Å². The first-order valence-electron chi connectivity index (χ1n) is 14.3. The summed E-state index contributed by atoms with van der Waals surface area (Å²) in [7, 11) is 0. The molecule has 0 spiro atoms. The molecule has 0 aliphatic carbocycles. The molecule has 1 aliphatic rings. The highest BCUT2D eigenvalue weighted by atomic mass is 32.2. The van der Waals surface area contributed by atoms with E-state index in [4.69, 9.17) is 4.74 Å². The van der Waals surface area contributed by atoms with Gasteiger partial charge in [0.1, 0.15) is 5.75 Å². The Morgan fingerprint density at radius 2 is 1.70 bits per heavy atom. The third-order valence-electron chi connectivity index (χ3n) is 6.97. The van der Waals surface area contributed by atoms with Crippen molar-refractivity contribution in [2.75, 3.05) is 11.5 Å². The van der Waals surface area contributed by atoms with Crippen LogP contribution in [0.5, 0.6) is 5.75 Å². The second-order valence-electron chi connectivity index (χ2n) is 10.1. The first kappa shape index (κ1) is 30.3. The Balaban J connectivity index is 1.41. The van der Waals surface area contributed by atoms with Crippen LogP contribution in [0.3, 0.4) is 0 Å². The quantitative estimate of drug-likeness (QED) is 0.0669. The van der Waals surface area contributed by atoms with Crippen LogP contribution in [0.25, 0.3) is 6.08 Å². The Morgan fingerprint density at radius 3 is 2.42 bits per heavy atom. The Labute approximate surface area is 259 Å². The second kappa shape index (κ2) is 14.8. The highest BCUT2D eigenvalue weighted by molar-refractivity contribution is 8.00. The van der Waals surface area contributed by atoms with Crippen molar-refractivity contribution in [2.24, 2.45) is 0 Å². The first-order valence-corrected chi connectivity index (χ1v) is 16.1. The average molecular weight is 612 g/mol. The molecular weight excluding hydrogens is 579 g/mol. The van der Waals surface area contributed by atoms with Gasteiger partial charge in [-0.1, -0.05) is 128 Å². The zero-order valence-electron chi connectivity index (χ0n) is 23.9. The van der Waals surface area contributed by atoms with Gasteiger partial charge in [-0.3, -0.25) is 14.5 Å². The van der Waals surface area contributed by atoms with Crippen molar-refractivity contribution in [2.45, 2.75) is 48.7 Å². The molecule has 3 aromatic carbocycles. The third-order valence-corrected chi connectivity index (χ3v) is 9.10. The van der Waals surface area contributed by atoms with Crippen molar-refractivity contribution in [3.8, 4) is 5.75 Å². The highest BCUT2D eigenvalue weighted by Crippen LogP contribution is 2.43. The van der Waals surface area contributed by atoms with Crippen LogP contribution < -0.4 is 9.64 Å². The normalized spacial score (nSPS) is 15.0. The molecule has 0 fully saturated rings. The van der Waals surface area contributed by atoms with Gasteiger partial charge in [-0.05, 0) is 41.3 Å². The molecule has 220 valence electrons. The topological polar surface area (TPSA) is 92.6 Å². The van der Waals surface area contributed by atoms with E-state index in [-0.39, 0.29) is 5.57 Å². The van der Waals surface area contributed by atoms with Gasteiger partial charge in [0.15, 0.2) is 15.9 Å². The fraction of sp³-hybridized carbons (Fsp3) is 0.235. The number of allylic oxidation sites excluding steroid dienone is 1. The van der Waals surface area contributed by atoms with E-state index < -0.39 is 23.5 Å². The molecule has 0 bridgehead atoms. The smallest absolute Gasteiger partial charge is 0.296 e. The van der Waals surface area contributed by atoms with Crippen molar-refractivity contribution >= 4 is 46.0 Å². The fourth-order valence-electron chi connectivity index (χ4n) is 4.74. The summed E-state index contributed by atoms with van der Waals surface area (Å²) in [6.07, 6.45) is 7.50. The SMILES string of the molecule is CCCCCCOc1ccc(C2C(C(=O)/C=C/c3ccccc3)=C(O)C(=O)N2c2nnc(SCc3ccccc3)s2)cc1. The summed E-state index contributed by atoms with van der Waals surface area (Å²) in [6.45, 7) is 2.79. The number of amides is 1. The molecule has 0 saturated heterocycles. The van der Waals surface area contributed by atoms with Crippen molar-refractivity contribution in [3.63, 3.8) is 0 Å². The minimum absolute atomic E-state index is 0.000830. The standard InChI is InChI=1S/C34H33N3O4S2/c1-2-3-4-11-22-41-27-19-17-26(18-20-27)30-29(28(38)21-16-24-12-7-5-8-13-24)31(39)32(40)37(30)33-35-36-34(43-33)42-23-25-14-9-6-10-15-25/h5-10,12-21,30,39H,2-4,11,22-23H2,1H3/b21-16+. The van der Waals surface area contributed by atoms with Crippen LogP contribution in [0.4, 0.5) is 5.13 Å². The number of hydrogen-bond acceptors (Lipinski definition) is 8. The molecule has 1 atom stereocenters. The molecule has 43 heavy (non-hydrogen) atoms. The number of carbonyl (C=O) groups is 2. The summed E-state index contributed by atoms with van der Waals surface area (Å²) in [5, 5.41) is 20.0. The number of hydrogen-bond donors (Lipinski definition) is 1. The van der Waals surface area contributed by atoms with Crippen LogP contribution in [-0.4, -0.2) is 33.6 Å². The van der Waals surface area contributed by atoms with Gasteiger partial charge in [0.05, 0.1) is 18.2 Å². The van der Waals surface area contributed by atoms with Crippen molar-refractivity contribution < 1.29 is 19.4 Å². The summed E-state index contributed by atoms with van der Waals surface area (Å²) in [5.41, 5.74) is 2.63. The number of aromatic nitrogens is 2. The Kier molecular flexibility index (Phi) is 10.4. The number of aliphatic hydroxyl groups excluding tert-OH is 1. The number of aliphatic hydroxyl groups is 1. The molecule has 7 nitrogen and oxygen atoms in total. The lowest BCUT2D eigenvalue weighted by Crippen LogP contribution is -2.30. The number of ketones is 1. The van der Waals surface area contributed by atoms with Crippen LogP contribution in [-0.2, 0) is 15.3 Å². The number of carbonyl (C=O) groups excluding carboxylic acids is 2. The molecule has 1 N–H and O–H groups in total. The van der Waals surface area contributed by atoms with E-state index in [9.17, 15) is 14.7 Å². The molecule has 1 aromatic heterocycles. The number of rotatable bonds is 14. The molecule has 1 aliphatic heterocycles. The van der Waals surface area contributed by atoms with Gasteiger partial charge in [0.25, 0.3) is 5.91 Å². The molecule has 2 heterocycles. The first-order chi connectivity index (χ1) is 21.0. The largest absolute Gasteiger partial charge is 0.503 e. The maximum absolute atomic E-state index is 13.5. The molecule has 1 unspecified atom stereocenters. The Bertz CT molecular complexity index is 1580. The summed E-state index contributed by atoms with van der Waals surface area (Å²) in [4.78, 5) is 28.4. The molecular formula is C34H33N3O4S2. The molecule has 5 rings (SSSR count). The van der Waals surface area contributed by atoms with Crippen LogP contribution in [0.1, 0.15) is 55.3 Å². The van der Waals surface area contributed by atoms with Gasteiger partial charge in [0, 0.05) is 5.75 Å². The van der Waals surface area contributed by atoms with Gasteiger partial charge in [0.2, 0.25) is 5.13 Å². The molecule has 0 radical (unpaired) electrons. The van der Waals surface area contributed by atoms with Gasteiger partial charge < -0.3 is 9.84 Å². The van der Waals surface area contributed by atoms with E-state index in [1.54, 1.807) is 6.08 Å². The maximum Gasteiger partial charge on any atom is 0.296 e. The summed E-state index contributed by atoms with van der Waals surface area (Å²) in [6, 6.07) is 25.8. The maximum atomic E-state index is 13.5. The monoisotopic (exact) mass is 611 g/mol. The van der Waals surface area contributed by atoms with Crippen molar-refractivity contribution in [1.29, 1.82) is 0 Å². The summed E-state index contributed by atoms with van der Waals surface area (Å²) in [5.74, 6) is -0.325. The second-order valence-corrected chi connectivity index (χ2v) is 12.2. The average Bonchev–Trinajstić information content (AvgIpc) is 3.61. The minimum Gasteiger partial charge on any atom is -0.503 e. The van der Waals surface area contributed by atoms with E-state index in [1.165, 1.54) is 40.5 Å². The number of thioether (sulfide) groups is 1. The Morgan fingerprint density at radius 1 is 0.977 bits per heavy atom. The van der Waals surface area contributed by atoms with Gasteiger partial charge >= 0.3 is 0 Å². The molecule has 9 heteroatoms. The predicted molar refractivity (Wildman–Crippen MR) is 172 cm³/mol. The number of ether oxygens (including phenoxy) is 1. The lowest BCUT2D eigenvalue weighted by atomic mass is 9.95. The zero-order chi connectivity index (χ0) is 30.0. The van der Waals surface area contributed by atoms with Gasteiger partial charge in [-0.15, -0.1) is 10.2 Å². The van der Waals surface area contributed by atoms with Crippen LogP contribution >= 0.6 is 23.1 Å². The lowest BCUT2D eigenvalue weighted by molar-refractivity contribution is -0.117. The molecule has 0 saturated carbocycles. The fourth-order valence-corrected chi connectivity index (χ4v) is 6.56. The number of anilines is 1. The summed E-state index contributed by atoms with van der Waals surface area (Å²) >= 11 is 2.77. The molecule has 1 amide bonds. The third kappa shape index (κ3) is 7.60. The highest BCUT2D eigenvalue weighted by Gasteiger charge is 2.45. The minimum atomic E-state index is -0.876. The van der Waals surface area contributed by atoms with Crippen LogP contribution in [0, 0.1) is 0 Å². The Hall–Kier alpha value is -4.21. The number of nitrogens with zero attached hydrogens (tertiary/aromatic N) is 3. The molecule has 4 aromatic rings. The van der Waals surface area contributed by atoms with Crippen LogP contribution in [0.2, 0.25) is 0 Å². The lowest BCUT2D eigenvalue weighted by Gasteiger charge is -2.24. The van der Waals surface area contributed by atoms with Crippen molar-refractivity contribution in [1.82, 2.24) is 10.2 Å². The van der Waals surface area contributed by atoms with Gasteiger partial charge in [-0.2, -0.15) is 0 Å².